The first-order chi connectivity index (χ1) is 20.4. The zero-order chi connectivity index (χ0) is 30.9. The summed E-state index contributed by atoms with van der Waals surface area (Å²) in [6.07, 6.45) is 2.43. The Morgan fingerprint density at radius 2 is 1.86 bits per heavy atom. The van der Waals surface area contributed by atoms with Crippen molar-refractivity contribution < 1.29 is 24.5 Å². The number of aryl methyl sites for hydroxylation is 1. The summed E-state index contributed by atoms with van der Waals surface area (Å²) < 4.78 is 13.0. The minimum atomic E-state index is -0.919. The third-order valence-electron chi connectivity index (χ3n) is 7.27. The zero-order valence-corrected chi connectivity index (χ0v) is 25.1. The lowest BCUT2D eigenvalue weighted by molar-refractivity contribution is -0.136. The first-order valence-electron chi connectivity index (χ1n) is 14.2. The molecular weight excluding hydrogens is 544 g/mol. The highest BCUT2D eigenvalue weighted by molar-refractivity contribution is 6.08. The van der Waals surface area contributed by atoms with Crippen LogP contribution in [0.25, 0.3) is 32.9 Å². The van der Waals surface area contributed by atoms with E-state index in [2.05, 4.69) is 0 Å². The number of rotatable bonds is 6. The Hall–Kier alpha value is -4.69. The van der Waals surface area contributed by atoms with Gasteiger partial charge in [-0.3, -0.25) is 14.6 Å². The molecule has 0 spiro atoms. The third kappa shape index (κ3) is 6.39. The first kappa shape index (κ1) is 29.8. The summed E-state index contributed by atoms with van der Waals surface area (Å²) in [5.41, 5.74) is 6.06. The van der Waals surface area contributed by atoms with Crippen molar-refractivity contribution in [2.75, 3.05) is 13.7 Å². The number of hydrogen-bond donors (Lipinski definition) is 2. The Bertz CT molecular complexity index is 1890. The molecule has 0 aliphatic carbocycles. The molecule has 3 heterocycles. The van der Waals surface area contributed by atoms with E-state index in [9.17, 15) is 14.7 Å². The predicted molar refractivity (Wildman–Crippen MR) is 168 cm³/mol. The Morgan fingerprint density at radius 1 is 1.09 bits per heavy atom. The summed E-state index contributed by atoms with van der Waals surface area (Å²) in [4.78, 5) is 29.9. The van der Waals surface area contributed by atoms with Crippen molar-refractivity contribution >= 4 is 27.8 Å². The summed E-state index contributed by atoms with van der Waals surface area (Å²) in [5, 5.41) is 20.1. The Kier molecular flexibility index (Phi) is 8.24. The molecule has 5 aromatic rings. The number of nitrogens with zero attached hydrogens (tertiary/aromatic N) is 2. The van der Waals surface area contributed by atoms with Gasteiger partial charge in [-0.25, -0.2) is 0 Å². The lowest BCUT2D eigenvalue weighted by Crippen LogP contribution is -2.20. The number of carbonyl (C=O) groups is 1. The molecule has 6 rings (SSSR count). The number of methoxy groups -OCH3 is 1. The van der Waals surface area contributed by atoms with Gasteiger partial charge >= 0.3 is 5.97 Å². The van der Waals surface area contributed by atoms with E-state index in [-0.39, 0.29) is 12.0 Å². The molecule has 1 aliphatic heterocycles. The number of pyridine rings is 2. The minimum Gasteiger partial charge on any atom is -0.497 e. The second kappa shape index (κ2) is 11.9. The van der Waals surface area contributed by atoms with E-state index in [1.807, 2.05) is 55.5 Å². The van der Waals surface area contributed by atoms with Gasteiger partial charge < -0.3 is 24.3 Å². The molecule has 0 saturated carbocycles. The Labute approximate surface area is 250 Å². The standard InChI is InChI=1S/C31H26N2O5.C4H10O/c1-18-14-25-22(7-9-27(34)33(25)17-19-4-3-5-21(15-19)37-2)30(24(18)16-28(35)36)23-6-8-26-29-20(11-13-38-26)10-12-32-31(23)29;1-4(2,3)5/h3-10,12,14-15H,11,13,16-17H2,1-2H3,(H,35,36);5H,1-3H3. The van der Waals surface area contributed by atoms with Gasteiger partial charge in [-0.2, -0.15) is 0 Å². The number of fused-ring (bicyclic) bond motifs is 1. The fraction of sp³-hybridized carbons (Fsp3) is 0.286. The minimum absolute atomic E-state index is 0.139. The molecule has 43 heavy (non-hydrogen) atoms. The van der Waals surface area contributed by atoms with Gasteiger partial charge in [0.25, 0.3) is 5.56 Å². The SMILES string of the molecule is CC(C)(C)O.COc1cccc(Cn2c(=O)ccc3c(-c4ccc5c6c(ccnc46)CCO5)c(CC(=O)O)c(C)cc32)c1. The Balaban J connectivity index is 0.000000682. The van der Waals surface area contributed by atoms with Crippen LogP contribution in [-0.2, 0) is 24.2 Å². The largest absolute Gasteiger partial charge is 0.497 e. The van der Waals surface area contributed by atoms with Gasteiger partial charge in [-0.15, -0.1) is 0 Å². The van der Waals surface area contributed by atoms with Crippen LogP contribution in [0.3, 0.4) is 0 Å². The fourth-order valence-corrected chi connectivity index (χ4v) is 5.52. The molecule has 0 saturated heterocycles. The molecule has 8 heteroatoms. The van der Waals surface area contributed by atoms with Crippen molar-refractivity contribution in [2.24, 2.45) is 0 Å². The summed E-state index contributed by atoms with van der Waals surface area (Å²) in [7, 11) is 1.61. The quantitative estimate of drug-likeness (QED) is 0.256. The van der Waals surface area contributed by atoms with Crippen molar-refractivity contribution in [1.29, 1.82) is 0 Å². The number of carboxylic acids is 1. The molecule has 0 radical (unpaired) electrons. The van der Waals surface area contributed by atoms with Crippen molar-refractivity contribution in [3.63, 3.8) is 0 Å². The highest BCUT2D eigenvalue weighted by Gasteiger charge is 2.23. The summed E-state index contributed by atoms with van der Waals surface area (Å²) in [6, 6.07) is 18.8. The van der Waals surface area contributed by atoms with Gasteiger partial charge in [-0.05, 0) is 98.0 Å². The molecular formula is C35H36N2O6. The van der Waals surface area contributed by atoms with Crippen molar-refractivity contribution in [1.82, 2.24) is 9.55 Å². The van der Waals surface area contributed by atoms with Crippen LogP contribution < -0.4 is 15.0 Å². The van der Waals surface area contributed by atoms with Gasteiger partial charge in [0, 0.05) is 35.0 Å². The van der Waals surface area contributed by atoms with Crippen molar-refractivity contribution in [3.05, 3.63) is 99.5 Å². The summed E-state index contributed by atoms with van der Waals surface area (Å²) in [6.45, 7) is 8.09. The second-order valence-corrected chi connectivity index (χ2v) is 11.7. The maximum absolute atomic E-state index is 13.2. The highest BCUT2D eigenvalue weighted by atomic mass is 16.5. The molecule has 1 aliphatic rings. The molecule has 2 N–H and O–H groups in total. The molecule has 0 fully saturated rings. The maximum Gasteiger partial charge on any atom is 0.307 e. The van der Waals surface area contributed by atoms with Crippen LogP contribution in [0.15, 0.2) is 71.7 Å². The van der Waals surface area contributed by atoms with E-state index in [1.54, 1.807) is 50.8 Å². The topological polar surface area (TPSA) is 111 Å². The number of aliphatic carboxylic acids is 1. The van der Waals surface area contributed by atoms with Crippen LogP contribution in [0, 0.1) is 6.92 Å². The molecule has 0 unspecified atom stereocenters. The molecule has 0 amide bonds. The number of hydrogen-bond acceptors (Lipinski definition) is 6. The molecule has 8 nitrogen and oxygen atoms in total. The normalized spacial score (nSPS) is 12.4. The van der Waals surface area contributed by atoms with Crippen LogP contribution in [0.5, 0.6) is 11.5 Å². The predicted octanol–water partition coefficient (Wildman–Crippen LogP) is 5.92. The third-order valence-corrected chi connectivity index (χ3v) is 7.27. The van der Waals surface area contributed by atoms with Crippen molar-refractivity contribution in [3.8, 4) is 22.6 Å². The molecule has 222 valence electrons. The van der Waals surface area contributed by atoms with E-state index < -0.39 is 11.6 Å². The van der Waals surface area contributed by atoms with Crippen LogP contribution in [0.4, 0.5) is 0 Å². The van der Waals surface area contributed by atoms with Gasteiger partial charge in [0.05, 0.1) is 43.3 Å². The number of aliphatic hydroxyl groups is 1. The van der Waals surface area contributed by atoms with Gasteiger partial charge in [0.2, 0.25) is 0 Å². The summed E-state index contributed by atoms with van der Waals surface area (Å²) in [5.74, 6) is 0.579. The summed E-state index contributed by atoms with van der Waals surface area (Å²) >= 11 is 0. The van der Waals surface area contributed by atoms with E-state index in [0.717, 1.165) is 61.8 Å². The fourth-order valence-electron chi connectivity index (χ4n) is 5.52. The average molecular weight is 581 g/mol. The smallest absolute Gasteiger partial charge is 0.307 e. The van der Waals surface area contributed by atoms with Crippen LogP contribution >= 0.6 is 0 Å². The highest BCUT2D eigenvalue weighted by Crippen LogP contribution is 2.42. The van der Waals surface area contributed by atoms with Gasteiger partial charge in [0.1, 0.15) is 11.5 Å². The second-order valence-electron chi connectivity index (χ2n) is 11.7. The van der Waals surface area contributed by atoms with Crippen LogP contribution in [0.1, 0.15) is 43.0 Å². The van der Waals surface area contributed by atoms with Crippen LogP contribution in [0.2, 0.25) is 0 Å². The average Bonchev–Trinajstić information content (AvgIpc) is 2.95. The van der Waals surface area contributed by atoms with E-state index in [4.69, 9.17) is 19.6 Å². The molecule has 3 aromatic carbocycles. The lowest BCUT2D eigenvalue weighted by atomic mass is 9.87. The number of carboxylic acid groups (broad SMARTS) is 1. The number of ether oxygens (including phenoxy) is 2. The molecule has 2 aromatic heterocycles. The Morgan fingerprint density at radius 3 is 2.58 bits per heavy atom. The lowest BCUT2D eigenvalue weighted by Gasteiger charge is -2.22. The first-order valence-corrected chi connectivity index (χ1v) is 14.2. The van der Waals surface area contributed by atoms with E-state index in [1.165, 1.54) is 0 Å². The monoisotopic (exact) mass is 580 g/mol. The van der Waals surface area contributed by atoms with Gasteiger partial charge in [0.15, 0.2) is 0 Å². The molecule has 0 atom stereocenters. The van der Waals surface area contributed by atoms with Crippen LogP contribution in [-0.4, -0.2) is 45.1 Å². The maximum atomic E-state index is 13.2. The van der Waals surface area contributed by atoms with Gasteiger partial charge in [-0.1, -0.05) is 12.1 Å². The van der Waals surface area contributed by atoms with E-state index in [0.29, 0.717) is 24.5 Å². The number of aromatic nitrogens is 2. The van der Waals surface area contributed by atoms with Crippen molar-refractivity contribution in [2.45, 2.75) is 52.7 Å². The number of benzene rings is 3. The zero-order valence-electron chi connectivity index (χ0n) is 25.1. The van der Waals surface area contributed by atoms with E-state index >= 15 is 0 Å². The molecule has 0 bridgehead atoms.